The second-order valence-electron chi connectivity index (χ2n) is 8.77. The molecule has 1 heterocycles. The van der Waals surface area contributed by atoms with Crippen LogP contribution in [-0.4, -0.2) is 54.4 Å². The molecule has 6 nitrogen and oxygen atoms in total. The number of hydrogen-bond acceptors (Lipinski definition) is 5. The van der Waals surface area contributed by atoms with Crippen LogP contribution in [0.4, 0.5) is 4.39 Å². The number of nitrogens with two attached hydrogens (primary N) is 1. The SMILES string of the molecule is CC(=O)NCc1ccccn1.CCCN(CCC)CCCN.C\C=C/C=C\C=C\C.O=CC1=CC(Cl)=CC(F)C=C1. The first-order valence-corrected chi connectivity index (χ1v) is 14.5. The van der Waals surface area contributed by atoms with Crippen LogP contribution in [0.1, 0.15) is 59.6 Å². The lowest BCUT2D eigenvalue weighted by Gasteiger charge is -2.19. The van der Waals surface area contributed by atoms with E-state index in [9.17, 15) is 14.0 Å². The summed E-state index contributed by atoms with van der Waals surface area (Å²) in [7, 11) is 0. The second kappa shape index (κ2) is 29.8. The largest absolute Gasteiger partial charge is 0.351 e. The van der Waals surface area contributed by atoms with Gasteiger partial charge in [0.2, 0.25) is 5.91 Å². The van der Waals surface area contributed by atoms with Gasteiger partial charge in [0, 0.05) is 23.7 Å². The Morgan fingerprint density at radius 2 is 1.73 bits per heavy atom. The van der Waals surface area contributed by atoms with Gasteiger partial charge in [-0.15, -0.1) is 0 Å². The summed E-state index contributed by atoms with van der Waals surface area (Å²) < 4.78 is 12.6. The summed E-state index contributed by atoms with van der Waals surface area (Å²) in [6.45, 7) is 14.9. The predicted octanol–water partition coefficient (Wildman–Crippen LogP) is 7.01. The first-order chi connectivity index (χ1) is 19.8. The standard InChI is InChI=1S/C9H22N2.C8H6ClFO.C8H10N2O.C8H12/c1-3-7-11(8-4-2)9-5-6-10;9-7-3-6(5-11)1-2-8(10)4-7;1-7(11)10-6-8-4-2-3-5-9-8;1-3-5-7-8-6-4-2/h3-10H2,1-2H3;1-5,8H;2-5H,6H2,1H3,(H,10,11);3-8H,1-2H3/b;;;5-3-,6-4+,8-7-. The predicted molar refractivity (Wildman–Crippen MR) is 173 cm³/mol. The van der Waals surface area contributed by atoms with Gasteiger partial charge in [-0.05, 0) is 89.6 Å². The zero-order chi connectivity index (χ0) is 31.1. The van der Waals surface area contributed by atoms with Gasteiger partial charge in [-0.2, -0.15) is 0 Å². The van der Waals surface area contributed by atoms with Crippen LogP contribution < -0.4 is 11.1 Å². The van der Waals surface area contributed by atoms with Gasteiger partial charge in [-0.3, -0.25) is 14.6 Å². The van der Waals surface area contributed by atoms with Crippen molar-refractivity contribution in [3.05, 3.63) is 101 Å². The number of halogens is 2. The van der Waals surface area contributed by atoms with Crippen molar-refractivity contribution in [2.75, 3.05) is 26.2 Å². The molecule has 0 fully saturated rings. The van der Waals surface area contributed by atoms with Gasteiger partial charge < -0.3 is 16.0 Å². The third-order valence-corrected chi connectivity index (χ3v) is 5.19. The van der Waals surface area contributed by atoms with Crippen LogP contribution in [0, 0.1) is 0 Å². The van der Waals surface area contributed by atoms with Crippen LogP contribution in [0.15, 0.2) is 95.8 Å². The number of carbonyl (C=O) groups is 2. The highest BCUT2D eigenvalue weighted by atomic mass is 35.5. The first-order valence-electron chi connectivity index (χ1n) is 14.1. The number of pyridine rings is 1. The third-order valence-electron chi connectivity index (χ3n) is 4.95. The van der Waals surface area contributed by atoms with Crippen molar-refractivity contribution >= 4 is 23.8 Å². The molecule has 41 heavy (non-hydrogen) atoms. The molecule has 1 aromatic heterocycles. The van der Waals surface area contributed by atoms with Crippen LogP contribution in [0.2, 0.25) is 0 Å². The van der Waals surface area contributed by atoms with Crippen LogP contribution in [-0.2, 0) is 16.1 Å². The average Bonchev–Trinajstić information content (AvgIpc) is 3.14. The van der Waals surface area contributed by atoms with Gasteiger partial charge in [0.1, 0.15) is 12.5 Å². The minimum Gasteiger partial charge on any atom is -0.351 e. The number of aldehydes is 1. The normalized spacial score (nSPS) is 14.2. The number of alkyl halides is 1. The zero-order valence-electron chi connectivity index (χ0n) is 25.4. The molecule has 1 aromatic rings. The number of carbonyl (C=O) groups excluding carboxylic acids is 2. The molecule has 1 aliphatic rings. The Hall–Kier alpha value is -3.13. The van der Waals surface area contributed by atoms with E-state index in [1.54, 1.807) is 6.20 Å². The molecule has 1 aliphatic carbocycles. The van der Waals surface area contributed by atoms with Crippen molar-refractivity contribution in [2.45, 2.75) is 66.6 Å². The fraction of sp³-hybridized carbons (Fsp3) is 0.424. The van der Waals surface area contributed by atoms with Gasteiger partial charge in [-0.25, -0.2) is 4.39 Å². The Morgan fingerprint density at radius 3 is 2.20 bits per heavy atom. The monoisotopic (exact) mass is 588 g/mol. The molecule has 1 unspecified atom stereocenters. The van der Waals surface area contributed by atoms with E-state index in [4.69, 9.17) is 17.3 Å². The molecule has 0 aliphatic heterocycles. The second-order valence-corrected chi connectivity index (χ2v) is 9.20. The minimum absolute atomic E-state index is 0.0318. The number of amides is 1. The van der Waals surface area contributed by atoms with Gasteiger partial charge in [0.15, 0.2) is 0 Å². The van der Waals surface area contributed by atoms with Gasteiger partial charge >= 0.3 is 0 Å². The van der Waals surface area contributed by atoms with Crippen LogP contribution >= 0.6 is 11.6 Å². The minimum atomic E-state index is -1.20. The van der Waals surface area contributed by atoms with Crippen molar-refractivity contribution in [3.63, 3.8) is 0 Å². The maximum atomic E-state index is 12.6. The Morgan fingerprint density at radius 1 is 1.10 bits per heavy atom. The first kappa shape index (κ1) is 40.0. The van der Waals surface area contributed by atoms with Crippen LogP contribution in [0.3, 0.4) is 0 Å². The third kappa shape index (κ3) is 28.2. The van der Waals surface area contributed by atoms with Gasteiger partial charge in [-0.1, -0.05) is 74.0 Å². The molecule has 2 rings (SSSR count). The summed E-state index contributed by atoms with van der Waals surface area (Å²) in [5.41, 5.74) is 6.70. The lowest BCUT2D eigenvalue weighted by atomic mass is 10.2. The summed E-state index contributed by atoms with van der Waals surface area (Å²) in [5, 5.41) is 2.91. The quantitative estimate of drug-likeness (QED) is 0.202. The fourth-order valence-corrected chi connectivity index (χ4v) is 3.34. The zero-order valence-corrected chi connectivity index (χ0v) is 26.2. The summed E-state index contributed by atoms with van der Waals surface area (Å²) in [4.78, 5) is 27.2. The maximum absolute atomic E-state index is 12.6. The summed E-state index contributed by atoms with van der Waals surface area (Å²) in [6, 6.07) is 5.61. The molecule has 8 heteroatoms. The number of hydrogen-bond donors (Lipinski definition) is 2. The molecule has 3 N–H and O–H groups in total. The van der Waals surface area contributed by atoms with E-state index in [0.717, 1.165) is 18.7 Å². The van der Waals surface area contributed by atoms with E-state index in [-0.39, 0.29) is 10.9 Å². The van der Waals surface area contributed by atoms with Crippen LogP contribution in [0.25, 0.3) is 0 Å². The summed E-state index contributed by atoms with van der Waals surface area (Å²) in [5.74, 6) is -0.0318. The molecule has 0 spiro atoms. The number of nitrogens with one attached hydrogen (secondary N) is 1. The molecule has 0 saturated carbocycles. The Bertz CT molecular complexity index is 953. The van der Waals surface area contributed by atoms with E-state index in [1.165, 1.54) is 63.7 Å². The van der Waals surface area contributed by atoms with Crippen molar-refractivity contribution in [1.82, 2.24) is 15.2 Å². The number of nitrogens with zero attached hydrogens (tertiary/aromatic N) is 2. The van der Waals surface area contributed by atoms with E-state index < -0.39 is 6.17 Å². The van der Waals surface area contributed by atoms with E-state index in [0.29, 0.717) is 18.4 Å². The Labute approximate surface area is 252 Å². The van der Waals surface area contributed by atoms with Crippen molar-refractivity contribution in [1.29, 1.82) is 0 Å². The summed E-state index contributed by atoms with van der Waals surface area (Å²) >= 11 is 5.54. The maximum Gasteiger partial charge on any atom is 0.217 e. The summed E-state index contributed by atoms with van der Waals surface area (Å²) in [6.07, 6.45) is 22.1. The highest BCUT2D eigenvalue weighted by molar-refractivity contribution is 6.31. The van der Waals surface area contributed by atoms with Crippen molar-refractivity contribution < 1.29 is 14.0 Å². The van der Waals surface area contributed by atoms with E-state index in [2.05, 4.69) is 29.0 Å². The molecule has 1 atom stereocenters. The smallest absolute Gasteiger partial charge is 0.217 e. The highest BCUT2D eigenvalue weighted by Gasteiger charge is 2.03. The molecule has 0 bridgehead atoms. The lowest BCUT2D eigenvalue weighted by molar-refractivity contribution is -0.119. The number of allylic oxidation sites excluding steroid dienone is 12. The van der Waals surface area contributed by atoms with E-state index in [1.807, 2.05) is 68.5 Å². The Balaban J connectivity index is 0. The van der Waals surface area contributed by atoms with Gasteiger partial charge in [0.05, 0.1) is 12.2 Å². The van der Waals surface area contributed by atoms with Gasteiger partial charge in [0.25, 0.3) is 0 Å². The molecule has 1 amide bonds. The van der Waals surface area contributed by atoms with Crippen LogP contribution in [0.5, 0.6) is 0 Å². The molecule has 228 valence electrons. The molecule has 0 saturated heterocycles. The molecule has 0 aromatic carbocycles. The molecular formula is C33H50ClFN4O2. The van der Waals surface area contributed by atoms with Crippen molar-refractivity contribution in [2.24, 2.45) is 5.73 Å². The van der Waals surface area contributed by atoms with Crippen molar-refractivity contribution in [3.8, 4) is 0 Å². The Kier molecular flexibility index (Phi) is 29.1. The lowest BCUT2D eigenvalue weighted by Crippen LogP contribution is -2.27. The highest BCUT2D eigenvalue weighted by Crippen LogP contribution is 2.14. The average molecular weight is 589 g/mol. The topological polar surface area (TPSA) is 88.3 Å². The molecule has 0 radical (unpaired) electrons. The number of rotatable bonds is 12. The number of aromatic nitrogens is 1. The van der Waals surface area contributed by atoms with E-state index >= 15 is 0 Å². The fourth-order valence-electron chi connectivity index (χ4n) is 3.09. The molecular weight excluding hydrogens is 539 g/mol.